The molecule has 2 N–H and O–H groups in total. The predicted molar refractivity (Wildman–Crippen MR) is 103 cm³/mol. The molecule has 1 amide bonds. The number of nitrogens with one attached hydrogen (secondary N) is 1. The second kappa shape index (κ2) is 7.16. The smallest absolute Gasteiger partial charge is 0.274 e. The average Bonchev–Trinajstić information content (AvgIpc) is 3.26. The number of aromatic nitrogens is 4. The van der Waals surface area contributed by atoms with Gasteiger partial charge in [-0.15, -0.1) is 11.3 Å². The number of hydrogen-bond donors (Lipinski definition) is 2. The summed E-state index contributed by atoms with van der Waals surface area (Å²) in [5, 5.41) is 13.8. The molecule has 2 atom stereocenters. The number of aliphatic hydroxyl groups is 1. The van der Waals surface area contributed by atoms with Crippen LogP contribution in [0, 0.1) is 6.92 Å². The number of likely N-dealkylation sites (tertiary alicyclic amines) is 1. The second-order valence-corrected chi connectivity index (χ2v) is 7.80. The number of nitrogens with zero attached hydrogens (tertiary/aromatic N) is 5. The Kier molecular flexibility index (Phi) is 4.71. The van der Waals surface area contributed by atoms with E-state index in [9.17, 15) is 9.90 Å². The molecule has 1 aliphatic rings. The molecule has 3 aromatic rings. The number of hydrogen-bond acceptors (Lipinski definition) is 8. The molecular weight excluding hydrogens is 364 g/mol. The van der Waals surface area contributed by atoms with Crippen LogP contribution in [0.2, 0.25) is 0 Å². The first kappa shape index (κ1) is 17.7. The zero-order valence-corrected chi connectivity index (χ0v) is 15.9. The maximum atomic E-state index is 13.0. The molecule has 0 unspecified atom stereocenters. The van der Waals surface area contributed by atoms with Crippen LogP contribution in [-0.2, 0) is 0 Å². The third-order valence-electron chi connectivity index (χ3n) is 4.49. The Bertz CT molecular complexity index is 977. The van der Waals surface area contributed by atoms with Crippen LogP contribution in [0.25, 0.3) is 10.3 Å². The molecule has 1 fully saturated rings. The molecule has 27 heavy (non-hydrogen) atoms. The summed E-state index contributed by atoms with van der Waals surface area (Å²) in [7, 11) is 0. The Hall–Kier alpha value is -2.65. The number of thiazole rings is 1. The Morgan fingerprint density at radius 1 is 1.37 bits per heavy atom. The molecule has 9 heteroatoms. The van der Waals surface area contributed by atoms with E-state index in [4.69, 9.17) is 0 Å². The van der Waals surface area contributed by atoms with Crippen molar-refractivity contribution in [3.63, 3.8) is 0 Å². The van der Waals surface area contributed by atoms with E-state index in [1.165, 1.54) is 11.3 Å². The Morgan fingerprint density at radius 2 is 2.22 bits per heavy atom. The molecule has 4 rings (SSSR count). The van der Waals surface area contributed by atoms with E-state index in [-0.39, 0.29) is 11.9 Å². The summed E-state index contributed by atoms with van der Waals surface area (Å²) in [6.45, 7) is 4.69. The van der Waals surface area contributed by atoms with E-state index >= 15 is 0 Å². The van der Waals surface area contributed by atoms with Gasteiger partial charge in [-0.3, -0.25) is 9.78 Å². The fraction of sp³-hybridized carbons (Fsp3) is 0.389. The van der Waals surface area contributed by atoms with E-state index in [0.717, 1.165) is 10.7 Å². The van der Waals surface area contributed by atoms with Crippen LogP contribution in [0.15, 0.2) is 24.4 Å². The largest absolute Gasteiger partial charge is 0.391 e. The van der Waals surface area contributed by atoms with Crippen LogP contribution >= 0.6 is 11.3 Å². The number of pyridine rings is 1. The molecule has 0 spiro atoms. The number of carbonyl (C=O) groups is 1. The first-order chi connectivity index (χ1) is 13.0. The lowest BCUT2D eigenvalue weighted by Crippen LogP contribution is -2.30. The van der Waals surface area contributed by atoms with Gasteiger partial charge in [0.05, 0.1) is 22.8 Å². The Morgan fingerprint density at radius 3 is 2.93 bits per heavy atom. The summed E-state index contributed by atoms with van der Waals surface area (Å²) in [4.78, 5) is 32.4. The molecule has 0 saturated carbocycles. The van der Waals surface area contributed by atoms with Gasteiger partial charge in [0.15, 0.2) is 11.3 Å². The Balaban J connectivity index is 1.69. The number of β-amino-alcohol motifs (C(OH)–C–C–N with tert-alkyl or cyclic N) is 1. The second-order valence-electron chi connectivity index (χ2n) is 6.60. The fourth-order valence-electron chi connectivity index (χ4n) is 3.11. The zero-order valence-electron chi connectivity index (χ0n) is 15.1. The average molecular weight is 384 g/mol. The summed E-state index contributed by atoms with van der Waals surface area (Å²) in [6, 6.07) is 5.57. The summed E-state index contributed by atoms with van der Waals surface area (Å²) < 4.78 is 0.676. The zero-order chi connectivity index (χ0) is 19.0. The predicted octanol–water partition coefficient (Wildman–Crippen LogP) is 2.17. The molecule has 8 nitrogen and oxygen atoms in total. The first-order valence-electron chi connectivity index (χ1n) is 8.81. The highest BCUT2D eigenvalue weighted by Crippen LogP contribution is 2.27. The van der Waals surface area contributed by atoms with Crippen LogP contribution in [0.5, 0.6) is 0 Å². The number of amides is 1. The van der Waals surface area contributed by atoms with Gasteiger partial charge in [-0.2, -0.15) is 4.98 Å². The standard InChI is InChI=1S/C18H20N6O2S/c1-10(13-5-3-4-7-19-13)20-18-22-14(15-16(23-18)21-11(2)27-15)17(26)24-8-6-12(25)9-24/h3-5,7,10,12,25H,6,8-9H2,1-2H3,(H,20,22,23)/t10-,12+/m0/s1. The summed E-state index contributed by atoms with van der Waals surface area (Å²) in [5.74, 6) is 0.144. The van der Waals surface area contributed by atoms with Crippen LogP contribution in [0.4, 0.5) is 5.95 Å². The molecule has 140 valence electrons. The lowest BCUT2D eigenvalue weighted by atomic mass is 10.2. The topological polar surface area (TPSA) is 104 Å². The van der Waals surface area contributed by atoms with E-state index in [2.05, 4.69) is 25.3 Å². The minimum absolute atomic E-state index is 0.125. The van der Waals surface area contributed by atoms with Gasteiger partial charge in [0, 0.05) is 19.3 Å². The third kappa shape index (κ3) is 3.60. The summed E-state index contributed by atoms with van der Waals surface area (Å²) in [6.07, 6.45) is 1.84. The molecule has 1 saturated heterocycles. The number of aryl methyl sites for hydroxylation is 1. The van der Waals surface area contributed by atoms with Gasteiger partial charge in [-0.05, 0) is 32.4 Å². The third-order valence-corrected chi connectivity index (χ3v) is 5.46. The van der Waals surface area contributed by atoms with E-state index in [1.807, 2.05) is 32.0 Å². The molecule has 0 aliphatic carbocycles. The number of anilines is 1. The van der Waals surface area contributed by atoms with Crippen molar-refractivity contribution in [3.8, 4) is 0 Å². The lowest BCUT2D eigenvalue weighted by Gasteiger charge is -2.17. The van der Waals surface area contributed by atoms with Crippen molar-refractivity contribution in [2.75, 3.05) is 18.4 Å². The van der Waals surface area contributed by atoms with Gasteiger partial charge in [0.1, 0.15) is 4.70 Å². The molecule has 4 heterocycles. The normalized spacial score (nSPS) is 18.0. The fourth-order valence-corrected chi connectivity index (χ4v) is 3.95. The van der Waals surface area contributed by atoms with Crippen molar-refractivity contribution < 1.29 is 9.90 Å². The van der Waals surface area contributed by atoms with Gasteiger partial charge in [0.2, 0.25) is 5.95 Å². The van der Waals surface area contributed by atoms with Crippen LogP contribution in [0.3, 0.4) is 0 Å². The van der Waals surface area contributed by atoms with Crippen molar-refractivity contribution in [2.24, 2.45) is 0 Å². The van der Waals surface area contributed by atoms with E-state index < -0.39 is 6.10 Å². The maximum Gasteiger partial charge on any atom is 0.274 e. The van der Waals surface area contributed by atoms with E-state index in [1.54, 1.807) is 11.1 Å². The van der Waals surface area contributed by atoms with Crippen LogP contribution in [-0.4, -0.2) is 55.0 Å². The van der Waals surface area contributed by atoms with Gasteiger partial charge in [0.25, 0.3) is 5.91 Å². The van der Waals surface area contributed by atoms with Crippen molar-refractivity contribution in [3.05, 3.63) is 40.8 Å². The minimum Gasteiger partial charge on any atom is -0.391 e. The maximum absolute atomic E-state index is 13.0. The molecule has 0 radical (unpaired) electrons. The SMILES string of the molecule is Cc1nc2nc(N[C@@H](C)c3ccccn3)nc(C(=O)N3CC[C@@H](O)C3)c2s1. The van der Waals surface area contributed by atoms with Crippen molar-refractivity contribution in [1.29, 1.82) is 0 Å². The number of aliphatic hydroxyl groups excluding tert-OH is 1. The highest BCUT2D eigenvalue weighted by atomic mass is 32.1. The first-order valence-corrected chi connectivity index (χ1v) is 9.63. The van der Waals surface area contributed by atoms with Crippen molar-refractivity contribution in [1.82, 2.24) is 24.8 Å². The highest BCUT2D eigenvalue weighted by Gasteiger charge is 2.29. The molecule has 0 bridgehead atoms. The minimum atomic E-state index is -0.476. The quantitative estimate of drug-likeness (QED) is 0.710. The molecule has 1 aliphatic heterocycles. The van der Waals surface area contributed by atoms with Gasteiger partial charge >= 0.3 is 0 Å². The van der Waals surface area contributed by atoms with Crippen molar-refractivity contribution in [2.45, 2.75) is 32.4 Å². The molecule has 3 aromatic heterocycles. The number of rotatable bonds is 4. The van der Waals surface area contributed by atoms with Gasteiger partial charge in [-0.25, -0.2) is 9.97 Å². The summed E-state index contributed by atoms with van der Waals surface area (Å²) in [5.41, 5.74) is 1.69. The summed E-state index contributed by atoms with van der Waals surface area (Å²) >= 11 is 1.40. The highest BCUT2D eigenvalue weighted by molar-refractivity contribution is 7.18. The number of fused-ring (bicyclic) bond motifs is 1. The monoisotopic (exact) mass is 384 g/mol. The molecular formula is C18H20N6O2S. The van der Waals surface area contributed by atoms with Gasteiger partial charge < -0.3 is 15.3 Å². The molecule has 0 aromatic carbocycles. The van der Waals surface area contributed by atoms with Crippen LogP contribution < -0.4 is 5.32 Å². The lowest BCUT2D eigenvalue weighted by molar-refractivity contribution is 0.0761. The van der Waals surface area contributed by atoms with E-state index in [0.29, 0.717) is 41.5 Å². The van der Waals surface area contributed by atoms with Crippen molar-refractivity contribution >= 4 is 33.5 Å². The number of carbonyl (C=O) groups excluding carboxylic acids is 1. The van der Waals surface area contributed by atoms with Gasteiger partial charge in [-0.1, -0.05) is 6.07 Å². The Labute approximate surface area is 160 Å². The van der Waals surface area contributed by atoms with Crippen LogP contribution in [0.1, 0.15) is 40.6 Å².